The fraction of sp³-hybridized carbons (Fsp3) is 0.750. The van der Waals surface area contributed by atoms with Gasteiger partial charge < -0.3 is 10.3 Å². The van der Waals surface area contributed by atoms with Gasteiger partial charge in [-0.25, -0.2) is 12.7 Å². The molecule has 2 N–H and O–H groups in total. The maximum atomic E-state index is 12.3. The first-order valence-electron chi connectivity index (χ1n) is 6.52. The van der Waals surface area contributed by atoms with Crippen molar-refractivity contribution in [3.05, 3.63) is 17.5 Å². The summed E-state index contributed by atoms with van der Waals surface area (Å²) >= 11 is 0. The molecule has 1 aliphatic heterocycles. The Labute approximate surface area is 114 Å². The second-order valence-corrected chi connectivity index (χ2v) is 7.27. The van der Waals surface area contributed by atoms with Crippen LogP contribution in [0.5, 0.6) is 0 Å². The molecule has 1 aromatic rings. The van der Waals surface area contributed by atoms with E-state index in [-0.39, 0.29) is 11.7 Å². The Bertz CT molecular complexity index is 526. The lowest BCUT2D eigenvalue weighted by atomic mass is 9.88. The van der Waals surface area contributed by atoms with Gasteiger partial charge in [0.05, 0.1) is 0 Å². The summed E-state index contributed by atoms with van der Waals surface area (Å²) in [6, 6.07) is 1.66. The Morgan fingerprint density at radius 1 is 1.58 bits per heavy atom. The molecule has 0 radical (unpaired) electrons. The molecule has 1 fully saturated rings. The molecule has 2 atom stereocenters. The normalized spacial score (nSPS) is 25.6. The van der Waals surface area contributed by atoms with Gasteiger partial charge in [0, 0.05) is 19.2 Å². The molecular formula is C12H21N3O3S. The second kappa shape index (κ2) is 5.60. The molecule has 1 aliphatic rings. The zero-order chi connectivity index (χ0) is 14.0. The van der Waals surface area contributed by atoms with E-state index in [1.165, 1.54) is 4.31 Å². The molecule has 0 bridgehead atoms. The van der Waals surface area contributed by atoms with Crippen molar-refractivity contribution in [2.24, 2.45) is 17.6 Å². The van der Waals surface area contributed by atoms with Crippen LogP contribution in [0.25, 0.3) is 0 Å². The van der Waals surface area contributed by atoms with Crippen molar-refractivity contribution >= 4 is 10.0 Å². The van der Waals surface area contributed by atoms with Crippen molar-refractivity contribution in [2.75, 3.05) is 19.6 Å². The maximum Gasteiger partial charge on any atom is 0.219 e. The van der Waals surface area contributed by atoms with E-state index in [4.69, 9.17) is 10.3 Å². The third-order valence-electron chi connectivity index (χ3n) is 3.78. The lowest BCUT2D eigenvalue weighted by molar-refractivity contribution is 0.203. The first kappa shape index (κ1) is 14.5. The topological polar surface area (TPSA) is 89.4 Å². The van der Waals surface area contributed by atoms with Crippen molar-refractivity contribution in [3.8, 4) is 0 Å². The van der Waals surface area contributed by atoms with E-state index in [1.807, 2.05) is 0 Å². The molecule has 108 valence electrons. The van der Waals surface area contributed by atoms with Gasteiger partial charge in [-0.1, -0.05) is 12.1 Å². The van der Waals surface area contributed by atoms with E-state index >= 15 is 0 Å². The van der Waals surface area contributed by atoms with Crippen LogP contribution in [0.3, 0.4) is 0 Å². The van der Waals surface area contributed by atoms with Crippen LogP contribution in [0.15, 0.2) is 10.6 Å². The zero-order valence-electron chi connectivity index (χ0n) is 11.4. The van der Waals surface area contributed by atoms with Crippen molar-refractivity contribution in [1.82, 2.24) is 9.46 Å². The first-order chi connectivity index (χ1) is 8.92. The molecule has 2 rings (SSSR count). The third kappa shape index (κ3) is 3.34. The number of hydrogen-bond donors (Lipinski definition) is 1. The summed E-state index contributed by atoms with van der Waals surface area (Å²) in [6.45, 7) is 5.47. The smallest absolute Gasteiger partial charge is 0.219 e. The minimum absolute atomic E-state index is 0.101. The van der Waals surface area contributed by atoms with Crippen LogP contribution in [0.2, 0.25) is 0 Å². The molecule has 6 nitrogen and oxygen atoms in total. The molecule has 19 heavy (non-hydrogen) atoms. The van der Waals surface area contributed by atoms with Gasteiger partial charge in [-0.3, -0.25) is 0 Å². The Morgan fingerprint density at radius 3 is 2.89 bits per heavy atom. The predicted molar refractivity (Wildman–Crippen MR) is 71.8 cm³/mol. The number of hydrogen-bond acceptors (Lipinski definition) is 5. The number of aromatic nitrogens is 1. The lowest BCUT2D eigenvalue weighted by Gasteiger charge is -2.35. The van der Waals surface area contributed by atoms with Crippen LogP contribution in [0.4, 0.5) is 0 Å². The van der Waals surface area contributed by atoms with Gasteiger partial charge in [-0.2, -0.15) is 0 Å². The van der Waals surface area contributed by atoms with Crippen molar-refractivity contribution in [1.29, 1.82) is 0 Å². The van der Waals surface area contributed by atoms with Gasteiger partial charge >= 0.3 is 0 Å². The molecule has 1 saturated heterocycles. The van der Waals surface area contributed by atoms with Crippen molar-refractivity contribution in [2.45, 2.75) is 26.0 Å². The molecule has 0 saturated carbocycles. The van der Waals surface area contributed by atoms with Crippen LogP contribution in [0.1, 0.15) is 24.8 Å². The van der Waals surface area contributed by atoms with Gasteiger partial charge in [-0.15, -0.1) is 0 Å². The molecule has 7 heteroatoms. The van der Waals surface area contributed by atoms with Crippen LogP contribution in [0, 0.1) is 18.8 Å². The first-order valence-corrected chi connectivity index (χ1v) is 8.13. The standard InChI is InChI=1S/C12H21N3O3S/c1-9-3-4-15(7-11(9)6-13)19(16,17)8-12-5-10(2)18-14-12/h5,9,11H,3-4,6-8,13H2,1-2H3. The lowest BCUT2D eigenvalue weighted by Crippen LogP contribution is -2.45. The minimum Gasteiger partial charge on any atom is -0.361 e. The van der Waals surface area contributed by atoms with Crippen LogP contribution in [-0.2, 0) is 15.8 Å². The quantitative estimate of drug-likeness (QED) is 0.881. The highest BCUT2D eigenvalue weighted by molar-refractivity contribution is 7.88. The Balaban J connectivity index is 2.07. The van der Waals surface area contributed by atoms with Gasteiger partial charge in [0.15, 0.2) is 0 Å². The molecule has 2 unspecified atom stereocenters. The average molecular weight is 287 g/mol. The third-order valence-corrected chi connectivity index (χ3v) is 5.56. The average Bonchev–Trinajstić information content (AvgIpc) is 2.74. The van der Waals surface area contributed by atoms with E-state index in [0.29, 0.717) is 37.0 Å². The number of aryl methyl sites for hydroxylation is 1. The van der Waals surface area contributed by atoms with Crippen molar-refractivity contribution in [3.63, 3.8) is 0 Å². The number of rotatable bonds is 4. The summed E-state index contributed by atoms with van der Waals surface area (Å²) in [7, 11) is -3.33. The number of nitrogens with zero attached hydrogens (tertiary/aromatic N) is 2. The van der Waals surface area contributed by atoms with Crippen LogP contribution >= 0.6 is 0 Å². The number of nitrogens with two attached hydrogens (primary N) is 1. The molecule has 0 aromatic carbocycles. The minimum atomic E-state index is -3.33. The highest BCUT2D eigenvalue weighted by Crippen LogP contribution is 2.25. The Hall–Kier alpha value is -0.920. The Morgan fingerprint density at radius 2 is 2.32 bits per heavy atom. The van der Waals surface area contributed by atoms with E-state index < -0.39 is 10.0 Å². The molecule has 1 aromatic heterocycles. The van der Waals surface area contributed by atoms with Gasteiger partial charge in [0.1, 0.15) is 17.2 Å². The van der Waals surface area contributed by atoms with Crippen LogP contribution in [-0.4, -0.2) is 37.5 Å². The fourth-order valence-corrected chi connectivity index (χ4v) is 3.93. The second-order valence-electron chi connectivity index (χ2n) is 5.30. The maximum absolute atomic E-state index is 12.3. The summed E-state index contributed by atoms with van der Waals surface area (Å²) in [4.78, 5) is 0. The fourth-order valence-electron chi connectivity index (χ4n) is 2.44. The highest BCUT2D eigenvalue weighted by Gasteiger charge is 2.32. The van der Waals surface area contributed by atoms with E-state index in [1.54, 1.807) is 13.0 Å². The molecular weight excluding hydrogens is 266 g/mol. The molecule has 2 heterocycles. The molecule has 0 spiro atoms. The zero-order valence-corrected chi connectivity index (χ0v) is 12.2. The predicted octanol–water partition coefficient (Wildman–Crippen LogP) is 0.730. The Kier molecular flexibility index (Phi) is 4.27. The molecule has 0 amide bonds. The van der Waals surface area contributed by atoms with Gasteiger partial charge in [0.2, 0.25) is 10.0 Å². The summed E-state index contributed by atoms with van der Waals surface area (Å²) in [5.74, 6) is 1.24. The van der Waals surface area contributed by atoms with Gasteiger partial charge in [0.25, 0.3) is 0 Å². The summed E-state index contributed by atoms with van der Waals surface area (Å²) in [5, 5.41) is 3.74. The summed E-state index contributed by atoms with van der Waals surface area (Å²) in [6.07, 6.45) is 0.860. The highest BCUT2D eigenvalue weighted by atomic mass is 32.2. The molecule has 0 aliphatic carbocycles. The van der Waals surface area contributed by atoms with Crippen molar-refractivity contribution < 1.29 is 12.9 Å². The SMILES string of the molecule is Cc1cc(CS(=O)(=O)N2CCC(C)C(CN)C2)no1. The summed E-state index contributed by atoms with van der Waals surface area (Å²) in [5.41, 5.74) is 6.16. The largest absolute Gasteiger partial charge is 0.361 e. The van der Waals surface area contributed by atoms with E-state index in [2.05, 4.69) is 12.1 Å². The summed E-state index contributed by atoms with van der Waals surface area (Å²) < 4.78 is 31.1. The van der Waals surface area contributed by atoms with Crippen LogP contribution < -0.4 is 5.73 Å². The number of sulfonamides is 1. The van der Waals surface area contributed by atoms with E-state index in [0.717, 1.165) is 6.42 Å². The van der Waals surface area contributed by atoms with Gasteiger partial charge in [-0.05, 0) is 31.7 Å². The van der Waals surface area contributed by atoms with E-state index in [9.17, 15) is 8.42 Å². The number of piperidine rings is 1. The monoisotopic (exact) mass is 287 g/mol.